The summed E-state index contributed by atoms with van der Waals surface area (Å²) in [5.41, 5.74) is 7.64. The summed E-state index contributed by atoms with van der Waals surface area (Å²) in [5.74, 6) is -5.72. The van der Waals surface area contributed by atoms with Gasteiger partial charge in [0.25, 0.3) is 5.91 Å². The summed E-state index contributed by atoms with van der Waals surface area (Å²) in [7, 11) is 2.78. The van der Waals surface area contributed by atoms with Crippen LogP contribution >= 0.6 is 0 Å². The van der Waals surface area contributed by atoms with Crippen LogP contribution in [0.25, 0.3) is 5.57 Å². The zero-order chi connectivity index (χ0) is 27.9. The lowest BCUT2D eigenvalue weighted by atomic mass is 9.69. The van der Waals surface area contributed by atoms with Gasteiger partial charge in [0.2, 0.25) is 5.91 Å². The molecule has 2 heterocycles. The topological polar surface area (TPSA) is 106 Å². The Bertz CT molecular complexity index is 1310. The van der Waals surface area contributed by atoms with Crippen molar-refractivity contribution in [2.45, 2.75) is 31.0 Å². The Kier molecular flexibility index (Phi) is 7.33. The van der Waals surface area contributed by atoms with Crippen molar-refractivity contribution >= 4 is 23.1 Å². The molecule has 4 rings (SSSR count). The van der Waals surface area contributed by atoms with Gasteiger partial charge in [-0.15, -0.1) is 0 Å². The van der Waals surface area contributed by atoms with Gasteiger partial charge in [-0.05, 0) is 36.6 Å². The molecule has 1 aromatic heterocycles. The van der Waals surface area contributed by atoms with Gasteiger partial charge in [0.15, 0.2) is 6.17 Å². The molecule has 11 heteroatoms. The number of primary amides is 1. The second-order valence-corrected chi connectivity index (χ2v) is 10.1. The summed E-state index contributed by atoms with van der Waals surface area (Å²) in [5, 5.41) is 0. The number of aromatic nitrogens is 1. The third kappa shape index (κ3) is 4.55. The summed E-state index contributed by atoms with van der Waals surface area (Å²) < 4.78 is 62.2. The number of benzene rings is 1. The molecule has 1 saturated heterocycles. The lowest BCUT2D eigenvalue weighted by Gasteiger charge is -2.41. The molecule has 0 radical (unpaired) electrons. The number of halogens is 4. The number of hydrogen-bond acceptors (Lipinski definition) is 5. The molecule has 1 aromatic carbocycles. The highest BCUT2D eigenvalue weighted by molar-refractivity contribution is 5.98. The van der Waals surface area contributed by atoms with Crippen LogP contribution in [0.5, 0.6) is 0 Å². The lowest BCUT2D eigenvalue weighted by Crippen LogP contribution is -2.51. The molecule has 0 spiro atoms. The molecular formula is C27H29F4N5O2. The fraction of sp³-hybridized carbons (Fsp3) is 0.370. The normalized spacial score (nSPS) is 25.5. The molecule has 2 amide bonds. The number of alkyl halides is 1. The minimum Gasteiger partial charge on any atom is -0.369 e. The Morgan fingerprint density at radius 3 is 2.39 bits per heavy atom. The van der Waals surface area contributed by atoms with E-state index in [0.717, 1.165) is 23.5 Å². The van der Waals surface area contributed by atoms with E-state index in [4.69, 9.17) is 11.5 Å². The van der Waals surface area contributed by atoms with Crippen molar-refractivity contribution in [1.29, 1.82) is 0 Å². The molecule has 1 aliphatic heterocycles. The number of carbonyl (C=O) groups is 2. The second kappa shape index (κ2) is 10.2. The van der Waals surface area contributed by atoms with Gasteiger partial charge in [0.1, 0.15) is 22.9 Å². The third-order valence-electron chi connectivity index (χ3n) is 7.05. The molecule has 7 nitrogen and oxygen atoms in total. The quantitative estimate of drug-likeness (QED) is 0.577. The van der Waals surface area contributed by atoms with Gasteiger partial charge in [-0.1, -0.05) is 13.0 Å². The van der Waals surface area contributed by atoms with Gasteiger partial charge in [-0.3, -0.25) is 14.6 Å². The highest BCUT2D eigenvalue weighted by atomic mass is 19.1. The third-order valence-corrected chi connectivity index (χ3v) is 7.05. The van der Waals surface area contributed by atoms with Crippen molar-refractivity contribution < 1.29 is 27.2 Å². The smallest absolute Gasteiger partial charge is 0.253 e. The molecule has 202 valence electrons. The molecule has 0 bridgehead atoms. The van der Waals surface area contributed by atoms with Crippen molar-refractivity contribution in [3.63, 3.8) is 0 Å². The van der Waals surface area contributed by atoms with Crippen molar-refractivity contribution in [3.8, 4) is 0 Å². The maximum atomic E-state index is 16.6. The van der Waals surface area contributed by atoms with Crippen LogP contribution in [0.15, 0.2) is 48.6 Å². The lowest BCUT2D eigenvalue weighted by molar-refractivity contribution is -0.123. The van der Waals surface area contributed by atoms with E-state index in [1.54, 1.807) is 6.07 Å². The van der Waals surface area contributed by atoms with Gasteiger partial charge < -0.3 is 21.3 Å². The number of nitrogens with two attached hydrogens (primary N) is 2. The summed E-state index contributed by atoms with van der Waals surface area (Å²) in [4.78, 5) is 32.2. The SMILES string of the molecule is C[C@@H]1C[C@H](N)CN(c2ccncc2C2(C(N)=O)C=CC(F)=C(c3c(F)cc(C(=O)N(C)C)cc3F)C2F)C1. The van der Waals surface area contributed by atoms with Gasteiger partial charge in [0.05, 0.1) is 5.56 Å². The van der Waals surface area contributed by atoms with Gasteiger partial charge >= 0.3 is 0 Å². The maximum Gasteiger partial charge on any atom is 0.253 e. The maximum absolute atomic E-state index is 16.6. The van der Waals surface area contributed by atoms with E-state index in [0.29, 0.717) is 30.9 Å². The summed E-state index contributed by atoms with van der Waals surface area (Å²) in [6, 6.07) is 2.78. The summed E-state index contributed by atoms with van der Waals surface area (Å²) >= 11 is 0. The van der Waals surface area contributed by atoms with Crippen molar-refractivity contribution in [2.24, 2.45) is 17.4 Å². The number of rotatable bonds is 5. The number of pyridine rings is 1. The molecule has 1 fully saturated rings. The standard InChI is InChI=1S/C27H29F4N5O2/c1-14-8-16(32)13-36(12-14)21-5-7-34-11-17(21)27(26(33)38)6-4-18(28)23(24(27)31)22-19(29)9-15(10-20(22)30)25(37)35(2)3/h4-7,9-11,14,16,24H,8,12-13,32H2,1-3H3,(H2,33,38)/t14-,16+,24?,27?/m1/s1. The number of allylic oxidation sites excluding steroid dienone is 3. The molecule has 2 aliphatic rings. The molecule has 4 N–H and O–H groups in total. The first-order valence-corrected chi connectivity index (χ1v) is 12.1. The Morgan fingerprint density at radius 2 is 1.82 bits per heavy atom. The van der Waals surface area contributed by atoms with Gasteiger partial charge in [-0.2, -0.15) is 0 Å². The number of hydrogen-bond donors (Lipinski definition) is 2. The highest BCUT2D eigenvalue weighted by Gasteiger charge is 2.52. The summed E-state index contributed by atoms with van der Waals surface area (Å²) in [6.45, 7) is 2.95. The summed E-state index contributed by atoms with van der Waals surface area (Å²) in [6.07, 6.45) is 2.58. The highest BCUT2D eigenvalue weighted by Crippen LogP contribution is 2.48. The van der Waals surface area contributed by atoms with E-state index in [1.807, 2.05) is 11.8 Å². The van der Waals surface area contributed by atoms with Crippen LogP contribution < -0.4 is 16.4 Å². The fourth-order valence-electron chi connectivity index (χ4n) is 5.33. The minimum absolute atomic E-state index is 0.0165. The van der Waals surface area contributed by atoms with Crippen LogP contribution in [0.2, 0.25) is 0 Å². The van der Waals surface area contributed by atoms with Crippen molar-refractivity contribution in [3.05, 3.63) is 76.9 Å². The Balaban J connectivity index is 1.87. The Labute approximate surface area is 217 Å². The van der Waals surface area contributed by atoms with Gasteiger partial charge in [-0.25, -0.2) is 17.6 Å². The number of amides is 2. The van der Waals surface area contributed by atoms with Crippen LogP contribution in [0.4, 0.5) is 23.2 Å². The Morgan fingerprint density at radius 1 is 1.16 bits per heavy atom. The van der Waals surface area contributed by atoms with Crippen LogP contribution in [-0.2, 0) is 10.2 Å². The molecule has 2 unspecified atom stereocenters. The average molecular weight is 532 g/mol. The van der Waals surface area contributed by atoms with Crippen LogP contribution in [-0.4, -0.2) is 61.1 Å². The number of nitrogens with zero attached hydrogens (tertiary/aromatic N) is 3. The zero-order valence-electron chi connectivity index (χ0n) is 21.2. The first-order chi connectivity index (χ1) is 17.9. The van der Waals surface area contributed by atoms with Gasteiger partial charge in [0, 0.05) is 68.0 Å². The molecule has 0 saturated carbocycles. The van der Waals surface area contributed by atoms with E-state index in [9.17, 15) is 9.59 Å². The average Bonchev–Trinajstić information content (AvgIpc) is 2.84. The van der Waals surface area contributed by atoms with Crippen LogP contribution in [0, 0.1) is 17.6 Å². The van der Waals surface area contributed by atoms with Crippen molar-refractivity contribution in [2.75, 3.05) is 32.1 Å². The van der Waals surface area contributed by atoms with E-state index >= 15 is 17.6 Å². The monoisotopic (exact) mass is 531 g/mol. The number of anilines is 1. The van der Waals surface area contributed by atoms with Crippen LogP contribution in [0.1, 0.15) is 34.8 Å². The molecule has 1 aliphatic carbocycles. The second-order valence-electron chi connectivity index (χ2n) is 10.1. The van der Waals surface area contributed by atoms with Crippen LogP contribution in [0.3, 0.4) is 0 Å². The molecule has 2 aromatic rings. The number of piperidine rings is 1. The number of carbonyl (C=O) groups excluding carboxylic acids is 2. The minimum atomic E-state index is -2.62. The fourth-order valence-corrected chi connectivity index (χ4v) is 5.33. The molecule has 38 heavy (non-hydrogen) atoms. The predicted octanol–water partition coefficient (Wildman–Crippen LogP) is 3.25. The van der Waals surface area contributed by atoms with E-state index in [1.165, 1.54) is 26.5 Å². The van der Waals surface area contributed by atoms with E-state index < -0.39 is 52.0 Å². The largest absolute Gasteiger partial charge is 0.369 e. The molecular weight excluding hydrogens is 502 g/mol. The Hall–Kier alpha value is -3.73. The van der Waals surface area contributed by atoms with Crippen molar-refractivity contribution in [1.82, 2.24) is 9.88 Å². The molecule has 4 atom stereocenters. The predicted molar refractivity (Wildman–Crippen MR) is 136 cm³/mol. The zero-order valence-corrected chi connectivity index (χ0v) is 21.2. The van der Waals surface area contributed by atoms with E-state index in [-0.39, 0.29) is 23.1 Å². The first kappa shape index (κ1) is 27.3. The first-order valence-electron chi connectivity index (χ1n) is 12.1. The van der Waals surface area contributed by atoms with E-state index in [2.05, 4.69) is 4.98 Å².